The van der Waals surface area contributed by atoms with E-state index in [0.717, 1.165) is 30.9 Å². The van der Waals surface area contributed by atoms with Crippen LogP contribution in [-0.4, -0.2) is 31.2 Å². The Morgan fingerprint density at radius 3 is 2.04 bits per heavy atom. The molecule has 0 unspecified atom stereocenters. The van der Waals surface area contributed by atoms with E-state index in [-0.39, 0.29) is 0 Å². The summed E-state index contributed by atoms with van der Waals surface area (Å²) in [5.74, 6) is -0.913. The van der Waals surface area contributed by atoms with E-state index in [1.165, 1.54) is 0 Å². The number of carbonyl (C=O) groups is 2. The Kier molecular flexibility index (Phi) is 6.05. The van der Waals surface area contributed by atoms with Crippen LogP contribution in [0.5, 0.6) is 0 Å². The maximum atomic E-state index is 13.0. The Labute approximate surface area is 150 Å². The predicted molar refractivity (Wildman–Crippen MR) is 105 cm³/mol. The molecule has 0 spiro atoms. The number of quaternary nitrogens is 1. The molecule has 130 valence electrons. The maximum Gasteiger partial charge on any atom is 0.239 e. The summed E-state index contributed by atoms with van der Waals surface area (Å²) in [5, 5.41) is 0. The maximum absolute atomic E-state index is 13.0. The molecule has 25 heavy (non-hydrogen) atoms. The van der Waals surface area contributed by atoms with Gasteiger partial charge in [0.05, 0.1) is 25.2 Å². The lowest BCUT2D eigenvalue weighted by atomic mass is 9.97. The minimum Gasteiger partial charge on any atom is -0.291 e. The first kappa shape index (κ1) is 18.8. The number of ketones is 2. The number of hydrogen-bond acceptors (Lipinski definition) is 2. The minimum absolute atomic E-state index is 0.425. The first-order valence-electron chi connectivity index (χ1n) is 8.80. The monoisotopic (exact) mass is 336 g/mol. The standard InChI is InChI=1S/C22H26NO2/c1-5-17-14-15-19(20(16-17)23(6-2,7-3)8-4)22(25)21(24)18-12-10-9-11-13-18/h5,9-16H,1,6-8H2,2-4H3/q+1. The van der Waals surface area contributed by atoms with Gasteiger partial charge < -0.3 is 0 Å². The summed E-state index contributed by atoms with van der Waals surface area (Å²) in [6, 6.07) is 14.3. The Morgan fingerprint density at radius 1 is 0.920 bits per heavy atom. The topological polar surface area (TPSA) is 34.1 Å². The number of nitrogens with zero attached hydrogens (tertiary/aromatic N) is 1. The van der Waals surface area contributed by atoms with Gasteiger partial charge in [-0.15, -0.1) is 0 Å². The van der Waals surface area contributed by atoms with Crippen LogP contribution < -0.4 is 4.48 Å². The summed E-state index contributed by atoms with van der Waals surface area (Å²) in [5.41, 5.74) is 2.77. The van der Waals surface area contributed by atoms with Crippen LogP contribution in [0.4, 0.5) is 5.69 Å². The second kappa shape index (κ2) is 8.04. The van der Waals surface area contributed by atoms with Crippen LogP contribution in [0.2, 0.25) is 0 Å². The van der Waals surface area contributed by atoms with Crippen LogP contribution in [0, 0.1) is 0 Å². The lowest BCUT2D eigenvalue weighted by Gasteiger charge is -2.36. The predicted octanol–water partition coefficient (Wildman–Crippen LogP) is 4.76. The third kappa shape index (κ3) is 3.62. The van der Waals surface area contributed by atoms with Crippen molar-refractivity contribution in [2.24, 2.45) is 0 Å². The first-order chi connectivity index (χ1) is 12.0. The van der Waals surface area contributed by atoms with Gasteiger partial charge in [-0.05, 0) is 32.4 Å². The lowest BCUT2D eigenvalue weighted by Crippen LogP contribution is -2.49. The van der Waals surface area contributed by atoms with Gasteiger partial charge in [0.15, 0.2) is 0 Å². The van der Waals surface area contributed by atoms with E-state index in [2.05, 4.69) is 27.4 Å². The van der Waals surface area contributed by atoms with Gasteiger partial charge >= 0.3 is 0 Å². The molecule has 0 aromatic heterocycles. The van der Waals surface area contributed by atoms with Crippen molar-refractivity contribution in [1.82, 2.24) is 4.48 Å². The van der Waals surface area contributed by atoms with Crippen LogP contribution in [-0.2, 0) is 0 Å². The van der Waals surface area contributed by atoms with E-state index in [0.29, 0.717) is 15.6 Å². The van der Waals surface area contributed by atoms with Crippen molar-refractivity contribution < 1.29 is 9.59 Å². The molecule has 0 saturated carbocycles. The Hall–Kier alpha value is -2.52. The van der Waals surface area contributed by atoms with Crippen molar-refractivity contribution in [3.63, 3.8) is 0 Å². The van der Waals surface area contributed by atoms with Crippen LogP contribution in [0.1, 0.15) is 47.1 Å². The Balaban J connectivity index is 2.59. The highest BCUT2D eigenvalue weighted by Gasteiger charge is 2.32. The van der Waals surface area contributed by atoms with Gasteiger partial charge in [-0.3, -0.25) is 14.1 Å². The van der Waals surface area contributed by atoms with Crippen molar-refractivity contribution in [3.8, 4) is 0 Å². The van der Waals surface area contributed by atoms with Crippen molar-refractivity contribution in [1.29, 1.82) is 0 Å². The Bertz CT molecular complexity index is 766. The largest absolute Gasteiger partial charge is 0.291 e. The molecule has 0 amide bonds. The van der Waals surface area contributed by atoms with Gasteiger partial charge in [-0.25, -0.2) is 0 Å². The third-order valence-electron chi connectivity index (χ3n) is 5.07. The summed E-state index contributed by atoms with van der Waals surface area (Å²) in [7, 11) is 0. The number of hydrogen-bond donors (Lipinski definition) is 0. The molecule has 2 aromatic rings. The summed E-state index contributed by atoms with van der Waals surface area (Å²) in [4.78, 5) is 25.6. The van der Waals surface area contributed by atoms with Gasteiger partial charge in [-0.1, -0.05) is 49.1 Å². The van der Waals surface area contributed by atoms with E-state index in [4.69, 9.17) is 0 Å². The van der Waals surface area contributed by atoms with Gasteiger partial charge in [0.1, 0.15) is 5.69 Å². The molecular formula is C22H26NO2+. The molecule has 0 heterocycles. The van der Waals surface area contributed by atoms with Crippen LogP contribution in [0.15, 0.2) is 55.1 Å². The van der Waals surface area contributed by atoms with Crippen LogP contribution in [0.3, 0.4) is 0 Å². The summed E-state index contributed by atoms with van der Waals surface area (Å²) < 4.78 is 0.658. The third-order valence-corrected chi connectivity index (χ3v) is 5.07. The number of carbonyl (C=O) groups excluding carboxylic acids is 2. The average Bonchev–Trinajstić information content (AvgIpc) is 2.69. The molecule has 0 aliphatic carbocycles. The second-order valence-corrected chi connectivity index (χ2v) is 6.10. The molecule has 0 fully saturated rings. The summed E-state index contributed by atoms with van der Waals surface area (Å²) in [6.07, 6.45) is 1.77. The van der Waals surface area contributed by atoms with E-state index in [1.807, 2.05) is 18.2 Å². The van der Waals surface area contributed by atoms with E-state index in [9.17, 15) is 9.59 Å². The zero-order chi connectivity index (χ0) is 18.4. The Morgan fingerprint density at radius 2 is 1.52 bits per heavy atom. The molecule has 0 aliphatic rings. The molecule has 2 aromatic carbocycles. The molecule has 0 atom stereocenters. The highest BCUT2D eigenvalue weighted by Crippen LogP contribution is 2.30. The highest BCUT2D eigenvalue weighted by atomic mass is 16.2. The van der Waals surface area contributed by atoms with E-state index in [1.54, 1.807) is 36.4 Å². The second-order valence-electron chi connectivity index (χ2n) is 6.10. The molecule has 0 bridgehead atoms. The minimum atomic E-state index is -0.463. The van der Waals surface area contributed by atoms with Gasteiger partial charge in [0, 0.05) is 11.6 Å². The van der Waals surface area contributed by atoms with Crippen molar-refractivity contribution in [2.75, 3.05) is 19.6 Å². The van der Waals surface area contributed by atoms with Gasteiger partial charge in [-0.2, -0.15) is 0 Å². The van der Waals surface area contributed by atoms with Gasteiger partial charge in [0.25, 0.3) is 0 Å². The molecule has 3 nitrogen and oxygen atoms in total. The van der Waals surface area contributed by atoms with Crippen LogP contribution >= 0.6 is 0 Å². The molecule has 2 rings (SSSR count). The SMILES string of the molecule is C=Cc1ccc(C(=O)C(=O)c2ccccc2)c([N+](CC)(CC)CC)c1. The van der Waals surface area contributed by atoms with E-state index < -0.39 is 11.6 Å². The first-order valence-corrected chi connectivity index (χ1v) is 8.80. The number of Topliss-reactive ketones (excluding diaryl/α,β-unsaturated/α-hetero) is 2. The summed E-state index contributed by atoms with van der Waals surface area (Å²) in [6.45, 7) is 12.7. The van der Waals surface area contributed by atoms with Gasteiger partial charge in [0.2, 0.25) is 11.6 Å². The van der Waals surface area contributed by atoms with Crippen LogP contribution in [0.25, 0.3) is 6.08 Å². The zero-order valence-electron chi connectivity index (χ0n) is 15.3. The smallest absolute Gasteiger partial charge is 0.239 e. The quantitative estimate of drug-likeness (QED) is 0.395. The fraction of sp³-hybridized carbons (Fsp3) is 0.273. The number of rotatable bonds is 8. The normalized spacial score (nSPS) is 11.2. The molecular weight excluding hydrogens is 310 g/mol. The van der Waals surface area contributed by atoms with Crippen molar-refractivity contribution >= 4 is 23.3 Å². The highest BCUT2D eigenvalue weighted by molar-refractivity contribution is 6.50. The lowest BCUT2D eigenvalue weighted by molar-refractivity contribution is 0.0815. The summed E-state index contributed by atoms with van der Waals surface area (Å²) >= 11 is 0. The molecule has 0 aliphatic heterocycles. The zero-order valence-corrected chi connectivity index (χ0v) is 15.3. The molecule has 0 radical (unpaired) electrons. The molecule has 3 heteroatoms. The number of benzene rings is 2. The van der Waals surface area contributed by atoms with E-state index >= 15 is 0 Å². The molecule has 0 N–H and O–H groups in total. The fourth-order valence-electron chi connectivity index (χ4n) is 3.28. The fourth-order valence-corrected chi connectivity index (χ4v) is 3.28. The average molecular weight is 336 g/mol. The molecule has 0 saturated heterocycles. The van der Waals surface area contributed by atoms with Crippen molar-refractivity contribution in [2.45, 2.75) is 20.8 Å². The van der Waals surface area contributed by atoms with Crippen molar-refractivity contribution in [3.05, 3.63) is 71.8 Å².